The molecule has 1 aliphatic carbocycles. The number of oxime groups is 1. The van der Waals surface area contributed by atoms with Gasteiger partial charge in [0.2, 0.25) is 0 Å². The number of likely N-dealkylation sites (tertiary alicyclic amines) is 1. The number of nitrogens with zero attached hydrogens (tertiary/aromatic N) is 2. The minimum Gasteiger partial charge on any atom is -0.394 e. The van der Waals surface area contributed by atoms with Crippen molar-refractivity contribution in [1.29, 1.82) is 0 Å². The van der Waals surface area contributed by atoms with Gasteiger partial charge in [-0.05, 0) is 50.2 Å². The zero-order valence-corrected chi connectivity index (χ0v) is 18.9. The summed E-state index contributed by atoms with van der Waals surface area (Å²) in [7, 11) is 0. The third-order valence-corrected chi connectivity index (χ3v) is 6.22. The molecule has 0 bridgehead atoms. The second-order valence-corrected chi connectivity index (χ2v) is 8.47. The molecular formula is C26H32N2OS. The second-order valence-electron chi connectivity index (χ2n) is 7.45. The molecule has 0 N–H and O–H groups in total. The molecule has 30 heavy (non-hydrogen) atoms. The van der Waals surface area contributed by atoms with E-state index in [0.717, 1.165) is 47.6 Å². The first-order valence-corrected chi connectivity index (χ1v) is 11.9. The summed E-state index contributed by atoms with van der Waals surface area (Å²) in [6.45, 7) is 10.3. The Morgan fingerprint density at radius 2 is 2.07 bits per heavy atom. The van der Waals surface area contributed by atoms with E-state index in [-0.39, 0.29) is 0 Å². The summed E-state index contributed by atoms with van der Waals surface area (Å²) < 4.78 is 0. The number of hydrogen-bond acceptors (Lipinski definition) is 4. The first kappa shape index (κ1) is 22.4. The first-order valence-electron chi connectivity index (χ1n) is 10.7. The molecule has 1 atom stereocenters. The van der Waals surface area contributed by atoms with Crippen LogP contribution in [0.4, 0.5) is 0 Å². The molecule has 0 amide bonds. The van der Waals surface area contributed by atoms with Crippen molar-refractivity contribution in [1.82, 2.24) is 4.90 Å². The lowest BCUT2D eigenvalue weighted by atomic mass is 9.93. The summed E-state index contributed by atoms with van der Waals surface area (Å²) in [4.78, 5) is 8.24. The minimum atomic E-state index is 0.361. The molecule has 2 aliphatic rings. The van der Waals surface area contributed by atoms with Crippen molar-refractivity contribution >= 4 is 29.1 Å². The van der Waals surface area contributed by atoms with E-state index in [1.54, 1.807) is 0 Å². The average molecular weight is 421 g/mol. The molecule has 0 aromatic heterocycles. The highest BCUT2D eigenvalue weighted by Gasteiger charge is 2.16. The fraction of sp³-hybridized carbons (Fsp3) is 0.346. The van der Waals surface area contributed by atoms with Crippen molar-refractivity contribution in [2.24, 2.45) is 5.16 Å². The number of hydrogen-bond donors (Lipinski definition) is 0. The van der Waals surface area contributed by atoms with Crippen LogP contribution in [0.5, 0.6) is 0 Å². The van der Waals surface area contributed by atoms with Gasteiger partial charge in [0.25, 0.3) is 0 Å². The van der Waals surface area contributed by atoms with Crippen LogP contribution in [-0.2, 0) is 4.84 Å². The van der Waals surface area contributed by atoms with Crippen LogP contribution < -0.4 is 0 Å². The van der Waals surface area contributed by atoms with Crippen LogP contribution in [0.25, 0.3) is 11.6 Å². The van der Waals surface area contributed by atoms with Gasteiger partial charge in [-0.3, -0.25) is 4.90 Å². The molecule has 0 radical (unpaired) electrons. The van der Waals surface area contributed by atoms with Gasteiger partial charge in [-0.25, -0.2) is 0 Å². The van der Waals surface area contributed by atoms with Crippen LogP contribution in [0.15, 0.2) is 78.0 Å². The molecule has 1 aromatic rings. The molecular weight excluding hydrogens is 388 g/mol. The van der Waals surface area contributed by atoms with Crippen LogP contribution in [0, 0.1) is 0 Å². The van der Waals surface area contributed by atoms with Crippen LogP contribution in [0.1, 0.15) is 30.9 Å². The molecule has 3 nitrogen and oxygen atoms in total. The molecule has 158 valence electrons. The lowest BCUT2D eigenvalue weighted by Crippen LogP contribution is -2.23. The number of rotatable bonds is 9. The Morgan fingerprint density at radius 3 is 2.83 bits per heavy atom. The predicted molar refractivity (Wildman–Crippen MR) is 133 cm³/mol. The average Bonchev–Trinajstić information content (AvgIpc) is 3.17. The zero-order valence-electron chi connectivity index (χ0n) is 18.1. The molecule has 3 rings (SSSR count). The molecule has 0 saturated carbocycles. The fourth-order valence-corrected chi connectivity index (χ4v) is 4.18. The predicted octanol–water partition coefficient (Wildman–Crippen LogP) is 5.99. The van der Waals surface area contributed by atoms with E-state index < -0.39 is 0 Å². The summed E-state index contributed by atoms with van der Waals surface area (Å²) >= 11 is 1.81. The van der Waals surface area contributed by atoms with Crippen molar-refractivity contribution in [3.63, 3.8) is 0 Å². The van der Waals surface area contributed by atoms with Gasteiger partial charge < -0.3 is 4.84 Å². The largest absolute Gasteiger partial charge is 0.394 e. The molecule has 1 unspecified atom stereocenters. The van der Waals surface area contributed by atoms with Gasteiger partial charge >= 0.3 is 0 Å². The monoisotopic (exact) mass is 420 g/mol. The number of allylic oxidation sites excluding steroid dienone is 6. The Labute approximate surface area is 185 Å². The number of thioether (sulfide) groups is 1. The van der Waals surface area contributed by atoms with Crippen LogP contribution in [-0.4, -0.2) is 48.4 Å². The Morgan fingerprint density at radius 1 is 1.27 bits per heavy atom. The van der Waals surface area contributed by atoms with Crippen LogP contribution in [0.3, 0.4) is 0 Å². The smallest absolute Gasteiger partial charge is 0.129 e. The van der Waals surface area contributed by atoms with E-state index in [9.17, 15) is 0 Å². The van der Waals surface area contributed by atoms with E-state index in [0.29, 0.717) is 11.9 Å². The van der Waals surface area contributed by atoms with E-state index in [1.807, 2.05) is 36.9 Å². The Balaban J connectivity index is 1.85. The van der Waals surface area contributed by atoms with Crippen molar-refractivity contribution in [3.05, 3.63) is 84.0 Å². The Hall–Kier alpha value is -2.30. The van der Waals surface area contributed by atoms with Gasteiger partial charge in [-0.1, -0.05) is 78.5 Å². The van der Waals surface area contributed by atoms with Gasteiger partial charge in [0.1, 0.15) is 12.3 Å². The Bertz CT molecular complexity index is 873. The molecule has 1 saturated heterocycles. The van der Waals surface area contributed by atoms with Gasteiger partial charge in [0.15, 0.2) is 0 Å². The lowest BCUT2D eigenvalue weighted by molar-refractivity contribution is 0.119. The van der Waals surface area contributed by atoms with Gasteiger partial charge in [-0.2, -0.15) is 11.8 Å². The van der Waals surface area contributed by atoms with Crippen molar-refractivity contribution in [3.8, 4) is 0 Å². The SMILES string of the molecule is C=C(/C(=N\OCCN1CCCC1)C1=CC=CC(SC)C=C1)c1ccccc1/C=C\C. The van der Waals surface area contributed by atoms with Gasteiger partial charge in [0.05, 0.1) is 0 Å². The second kappa shape index (κ2) is 11.8. The third kappa shape index (κ3) is 6.10. The van der Waals surface area contributed by atoms with Gasteiger partial charge in [0, 0.05) is 22.9 Å². The summed E-state index contributed by atoms with van der Waals surface area (Å²) in [5, 5.41) is 4.95. The quantitative estimate of drug-likeness (QED) is 0.279. The minimum absolute atomic E-state index is 0.361. The highest BCUT2D eigenvalue weighted by atomic mass is 32.2. The molecule has 4 heteroatoms. The maximum Gasteiger partial charge on any atom is 0.129 e. The van der Waals surface area contributed by atoms with Gasteiger partial charge in [-0.15, -0.1) is 0 Å². The molecule has 1 aromatic carbocycles. The van der Waals surface area contributed by atoms with E-state index in [2.05, 4.69) is 71.5 Å². The topological polar surface area (TPSA) is 24.8 Å². The molecule has 1 heterocycles. The molecule has 0 spiro atoms. The number of benzene rings is 1. The normalized spacial score (nSPS) is 19.9. The van der Waals surface area contributed by atoms with Crippen molar-refractivity contribution in [2.75, 3.05) is 32.5 Å². The van der Waals surface area contributed by atoms with E-state index in [4.69, 9.17) is 4.84 Å². The fourth-order valence-electron chi connectivity index (χ4n) is 3.69. The summed E-state index contributed by atoms with van der Waals surface area (Å²) in [5.74, 6) is 0. The summed E-state index contributed by atoms with van der Waals surface area (Å²) in [6.07, 6.45) is 19.6. The lowest BCUT2D eigenvalue weighted by Gasteiger charge is -2.15. The standard InChI is InChI=1S/C26H32N2OS/c1-4-10-22-11-5-6-14-25(22)21(2)26(23-12-9-13-24(30-3)16-15-23)27-29-20-19-28-17-7-8-18-28/h4-6,9-16,24H,2,7-8,17-20H2,1,3H3/b10-4-,27-26+. The Kier molecular flexibility index (Phi) is 8.79. The highest BCUT2D eigenvalue weighted by molar-refractivity contribution is 7.99. The van der Waals surface area contributed by atoms with Crippen molar-refractivity contribution < 1.29 is 4.84 Å². The maximum absolute atomic E-state index is 5.81. The summed E-state index contributed by atoms with van der Waals surface area (Å²) in [5.41, 5.74) is 4.88. The summed E-state index contributed by atoms with van der Waals surface area (Å²) in [6, 6.07) is 8.29. The van der Waals surface area contributed by atoms with E-state index >= 15 is 0 Å². The van der Waals surface area contributed by atoms with E-state index in [1.165, 1.54) is 12.8 Å². The first-order chi connectivity index (χ1) is 14.7. The molecule has 1 fully saturated rings. The molecule has 1 aliphatic heterocycles. The maximum atomic E-state index is 5.81. The third-order valence-electron chi connectivity index (χ3n) is 5.36. The van der Waals surface area contributed by atoms with Crippen molar-refractivity contribution in [2.45, 2.75) is 25.0 Å². The highest BCUT2D eigenvalue weighted by Crippen LogP contribution is 2.26. The zero-order chi connectivity index (χ0) is 21.2. The van der Waals surface area contributed by atoms with Crippen LogP contribution >= 0.6 is 11.8 Å². The van der Waals surface area contributed by atoms with Crippen LogP contribution in [0.2, 0.25) is 0 Å².